The van der Waals surface area contributed by atoms with E-state index in [4.69, 9.17) is 14.2 Å². The van der Waals surface area contributed by atoms with Gasteiger partial charge in [-0.15, -0.1) is 0 Å². The van der Waals surface area contributed by atoms with Gasteiger partial charge in [0.15, 0.2) is 0 Å². The average Bonchev–Trinajstić information content (AvgIpc) is 2.81. The Bertz CT molecular complexity index is 1120. The second-order valence-electron chi connectivity index (χ2n) is 7.96. The van der Waals surface area contributed by atoms with Gasteiger partial charge in [0.1, 0.15) is 12.4 Å². The van der Waals surface area contributed by atoms with Crippen molar-refractivity contribution in [3.05, 3.63) is 83.9 Å². The first-order valence-electron chi connectivity index (χ1n) is 10.6. The first-order chi connectivity index (χ1) is 15.2. The molecule has 0 spiro atoms. The molecule has 0 radical (unpaired) electrons. The zero-order valence-electron chi connectivity index (χ0n) is 17.5. The van der Waals surface area contributed by atoms with E-state index in [0.717, 1.165) is 28.5 Å². The molecule has 2 atom stereocenters. The van der Waals surface area contributed by atoms with E-state index >= 15 is 0 Å². The largest absolute Gasteiger partial charge is 0.496 e. The Kier molecular flexibility index (Phi) is 5.35. The maximum Gasteiger partial charge on any atom is 0.411 e. The SMILES string of the molecule is COc1ccc(C2=CC3COCC(C2)N3C(=O)OCc2ccccc2)c2ccccc12. The lowest BCUT2D eigenvalue weighted by molar-refractivity contribution is -0.0342. The fraction of sp³-hybridized carbons (Fsp3) is 0.269. The molecule has 3 aromatic carbocycles. The van der Waals surface area contributed by atoms with Gasteiger partial charge in [-0.2, -0.15) is 0 Å². The van der Waals surface area contributed by atoms with Crippen molar-refractivity contribution in [1.29, 1.82) is 0 Å². The Morgan fingerprint density at radius 3 is 2.55 bits per heavy atom. The van der Waals surface area contributed by atoms with Gasteiger partial charge in [-0.05, 0) is 34.6 Å². The van der Waals surface area contributed by atoms with Crippen molar-refractivity contribution in [3.8, 4) is 5.75 Å². The van der Waals surface area contributed by atoms with Crippen LogP contribution in [0.3, 0.4) is 0 Å². The maximum absolute atomic E-state index is 12.9. The molecule has 2 aliphatic heterocycles. The van der Waals surface area contributed by atoms with Crippen molar-refractivity contribution >= 4 is 22.4 Å². The molecule has 31 heavy (non-hydrogen) atoms. The van der Waals surface area contributed by atoms with E-state index in [1.807, 2.05) is 53.4 Å². The van der Waals surface area contributed by atoms with Gasteiger partial charge in [-0.25, -0.2) is 4.79 Å². The molecule has 2 bridgehead atoms. The van der Waals surface area contributed by atoms with Gasteiger partial charge < -0.3 is 14.2 Å². The molecule has 5 heteroatoms. The van der Waals surface area contributed by atoms with E-state index in [1.165, 1.54) is 11.1 Å². The van der Waals surface area contributed by atoms with Crippen LogP contribution in [0.4, 0.5) is 4.79 Å². The van der Waals surface area contributed by atoms with Crippen LogP contribution in [0.15, 0.2) is 72.8 Å². The number of morpholine rings is 1. The number of carbonyl (C=O) groups is 1. The Morgan fingerprint density at radius 1 is 1.00 bits per heavy atom. The van der Waals surface area contributed by atoms with Gasteiger partial charge in [-0.3, -0.25) is 4.90 Å². The molecule has 5 nitrogen and oxygen atoms in total. The molecule has 158 valence electrons. The number of methoxy groups -OCH3 is 1. The molecular formula is C26H25NO4. The van der Waals surface area contributed by atoms with Gasteiger partial charge in [0, 0.05) is 5.39 Å². The topological polar surface area (TPSA) is 48.0 Å². The summed E-state index contributed by atoms with van der Waals surface area (Å²) in [5.74, 6) is 0.866. The second kappa shape index (κ2) is 8.44. The van der Waals surface area contributed by atoms with Crippen molar-refractivity contribution in [2.24, 2.45) is 0 Å². The lowest BCUT2D eigenvalue weighted by atomic mass is 9.87. The zero-order chi connectivity index (χ0) is 21.2. The summed E-state index contributed by atoms with van der Waals surface area (Å²) in [4.78, 5) is 14.8. The van der Waals surface area contributed by atoms with Crippen LogP contribution in [-0.4, -0.2) is 43.4 Å². The van der Waals surface area contributed by atoms with Crippen molar-refractivity contribution < 1.29 is 19.0 Å². The minimum atomic E-state index is -0.281. The van der Waals surface area contributed by atoms with Crippen molar-refractivity contribution in [2.75, 3.05) is 20.3 Å². The van der Waals surface area contributed by atoms with Crippen LogP contribution in [-0.2, 0) is 16.1 Å². The molecule has 5 rings (SSSR count). The van der Waals surface area contributed by atoms with E-state index in [2.05, 4.69) is 24.3 Å². The van der Waals surface area contributed by atoms with Crippen LogP contribution in [0.1, 0.15) is 17.5 Å². The Hall–Kier alpha value is -3.31. The molecule has 0 saturated carbocycles. The smallest absolute Gasteiger partial charge is 0.411 e. The summed E-state index contributed by atoms with van der Waals surface area (Å²) in [7, 11) is 1.70. The second-order valence-corrected chi connectivity index (χ2v) is 7.96. The number of ether oxygens (including phenoxy) is 3. The van der Waals surface area contributed by atoms with Gasteiger partial charge in [-0.1, -0.05) is 66.7 Å². The van der Waals surface area contributed by atoms with Crippen LogP contribution in [0.5, 0.6) is 5.75 Å². The zero-order valence-corrected chi connectivity index (χ0v) is 17.5. The summed E-state index contributed by atoms with van der Waals surface area (Å²) < 4.78 is 17.0. The Balaban J connectivity index is 1.42. The Labute approximate surface area is 181 Å². The summed E-state index contributed by atoms with van der Waals surface area (Å²) >= 11 is 0. The van der Waals surface area contributed by atoms with Crippen molar-refractivity contribution in [1.82, 2.24) is 4.90 Å². The molecule has 1 fully saturated rings. The number of nitrogens with zero attached hydrogens (tertiary/aromatic N) is 1. The number of fused-ring (bicyclic) bond motifs is 3. The first kappa shape index (κ1) is 19.6. The van der Waals surface area contributed by atoms with Gasteiger partial charge in [0.2, 0.25) is 0 Å². The number of amides is 1. The molecule has 2 unspecified atom stereocenters. The number of hydrogen-bond donors (Lipinski definition) is 0. The highest BCUT2D eigenvalue weighted by atomic mass is 16.6. The molecule has 3 aromatic rings. The van der Waals surface area contributed by atoms with Gasteiger partial charge >= 0.3 is 6.09 Å². The van der Waals surface area contributed by atoms with Crippen molar-refractivity contribution in [3.63, 3.8) is 0 Å². The van der Waals surface area contributed by atoms with Gasteiger partial charge in [0.25, 0.3) is 0 Å². The summed E-state index contributed by atoms with van der Waals surface area (Å²) in [6.07, 6.45) is 2.61. The molecule has 0 aromatic heterocycles. The summed E-state index contributed by atoms with van der Waals surface area (Å²) in [5.41, 5.74) is 3.41. The van der Waals surface area contributed by atoms with Gasteiger partial charge in [0.05, 0.1) is 32.4 Å². The summed E-state index contributed by atoms with van der Waals surface area (Å²) in [6, 6.07) is 22.0. The third-order valence-corrected chi connectivity index (χ3v) is 6.06. The monoisotopic (exact) mass is 415 g/mol. The fourth-order valence-electron chi connectivity index (χ4n) is 4.60. The highest BCUT2D eigenvalue weighted by molar-refractivity contribution is 5.98. The third-order valence-electron chi connectivity index (χ3n) is 6.06. The predicted octanol–water partition coefficient (Wildman–Crippen LogP) is 5.04. The number of hydrogen-bond acceptors (Lipinski definition) is 4. The van der Waals surface area contributed by atoms with E-state index in [9.17, 15) is 4.79 Å². The van der Waals surface area contributed by atoms with E-state index in [0.29, 0.717) is 13.2 Å². The van der Waals surface area contributed by atoms with Crippen LogP contribution in [0, 0.1) is 0 Å². The molecule has 2 aliphatic rings. The minimum Gasteiger partial charge on any atom is -0.496 e. The summed E-state index contributed by atoms with van der Waals surface area (Å²) in [6.45, 7) is 1.27. The predicted molar refractivity (Wildman–Crippen MR) is 120 cm³/mol. The molecular weight excluding hydrogens is 390 g/mol. The average molecular weight is 415 g/mol. The molecule has 0 N–H and O–H groups in total. The fourth-order valence-corrected chi connectivity index (χ4v) is 4.60. The highest BCUT2D eigenvalue weighted by Gasteiger charge is 2.39. The van der Waals surface area contributed by atoms with Crippen LogP contribution >= 0.6 is 0 Å². The molecule has 0 aliphatic carbocycles. The maximum atomic E-state index is 12.9. The molecule has 1 amide bonds. The minimum absolute atomic E-state index is 0.0390. The number of benzene rings is 3. The third kappa shape index (κ3) is 3.77. The van der Waals surface area contributed by atoms with E-state index < -0.39 is 0 Å². The normalized spacial score (nSPS) is 20.3. The quantitative estimate of drug-likeness (QED) is 0.599. The molecule has 2 heterocycles. The number of carbonyl (C=O) groups excluding carboxylic acids is 1. The van der Waals surface area contributed by atoms with Crippen LogP contribution < -0.4 is 4.74 Å². The Morgan fingerprint density at radius 2 is 1.77 bits per heavy atom. The standard InChI is InChI=1S/C26H25NO4/c1-29-25-12-11-22(23-9-5-6-10-24(23)25)19-13-20-16-30-17-21(14-19)27(20)26(28)31-15-18-7-3-2-4-8-18/h2-13,20-21H,14-17H2,1H3. The van der Waals surface area contributed by atoms with Crippen molar-refractivity contribution in [2.45, 2.75) is 25.1 Å². The lowest BCUT2D eigenvalue weighted by Crippen LogP contribution is -2.56. The number of rotatable bonds is 4. The summed E-state index contributed by atoms with van der Waals surface area (Å²) in [5, 5.41) is 2.25. The molecule has 1 saturated heterocycles. The first-order valence-corrected chi connectivity index (χ1v) is 10.6. The van der Waals surface area contributed by atoms with E-state index in [1.54, 1.807) is 7.11 Å². The van der Waals surface area contributed by atoms with E-state index in [-0.39, 0.29) is 24.8 Å². The highest BCUT2D eigenvalue weighted by Crippen LogP contribution is 2.38. The lowest BCUT2D eigenvalue weighted by Gasteiger charge is -2.44. The van der Waals surface area contributed by atoms with Crippen LogP contribution in [0.25, 0.3) is 16.3 Å². The van der Waals surface area contributed by atoms with Crippen LogP contribution in [0.2, 0.25) is 0 Å².